The molecule has 0 amide bonds. The molecule has 0 saturated heterocycles. The van der Waals surface area contributed by atoms with Crippen molar-refractivity contribution in [3.05, 3.63) is 89.2 Å². The predicted molar refractivity (Wildman–Crippen MR) is 97.3 cm³/mol. The lowest BCUT2D eigenvalue weighted by Gasteiger charge is -2.09. The number of aryl methyl sites for hydroxylation is 1. The van der Waals surface area contributed by atoms with E-state index in [1.165, 1.54) is 17.7 Å². The van der Waals surface area contributed by atoms with Gasteiger partial charge in [0.15, 0.2) is 0 Å². The lowest BCUT2D eigenvalue weighted by Crippen LogP contribution is -2.03. The first-order valence-electron chi connectivity index (χ1n) is 7.95. The number of carboxylic acid groups (broad SMARTS) is 1. The van der Waals surface area contributed by atoms with Gasteiger partial charge in [0, 0.05) is 12.2 Å². The molecule has 4 heteroatoms. The normalized spacial score (nSPS) is 10.5. The van der Waals surface area contributed by atoms with Gasteiger partial charge in [0.05, 0.1) is 5.56 Å². The number of hydrogen-bond acceptors (Lipinski definition) is 2. The molecular formula is C21H18FNO2. The van der Waals surface area contributed by atoms with E-state index in [1.807, 2.05) is 24.3 Å². The van der Waals surface area contributed by atoms with E-state index in [2.05, 4.69) is 36.5 Å². The Morgan fingerprint density at radius 1 is 0.960 bits per heavy atom. The highest BCUT2D eigenvalue weighted by Gasteiger charge is 2.07. The Bertz CT molecular complexity index is 887. The van der Waals surface area contributed by atoms with Gasteiger partial charge in [-0.1, -0.05) is 54.1 Å². The van der Waals surface area contributed by atoms with Gasteiger partial charge in [0.1, 0.15) is 5.82 Å². The average Bonchev–Trinajstić information content (AvgIpc) is 2.61. The quantitative estimate of drug-likeness (QED) is 0.681. The van der Waals surface area contributed by atoms with Crippen molar-refractivity contribution in [2.45, 2.75) is 13.5 Å². The van der Waals surface area contributed by atoms with Gasteiger partial charge >= 0.3 is 5.97 Å². The van der Waals surface area contributed by atoms with E-state index in [4.69, 9.17) is 5.11 Å². The highest BCUT2D eigenvalue weighted by molar-refractivity contribution is 5.88. The molecule has 3 aromatic carbocycles. The molecule has 3 nitrogen and oxygen atoms in total. The molecule has 0 aliphatic heterocycles. The van der Waals surface area contributed by atoms with Crippen molar-refractivity contribution < 1.29 is 14.3 Å². The first-order chi connectivity index (χ1) is 12.0. The summed E-state index contributed by atoms with van der Waals surface area (Å²) >= 11 is 0. The molecule has 3 rings (SSSR count). The van der Waals surface area contributed by atoms with Crippen LogP contribution in [0.2, 0.25) is 0 Å². The van der Waals surface area contributed by atoms with Crippen LogP contribution in [0, 0.1) is 12.7 Å². The molecule has 0 heterocycles. The molecule has 0 spiro atoms. The maximum atomic E-state index is 13.5. The number of rotatable bonds is 5. The molecule has 0 aliphatic rings. The molecule has 2 N–H and O–H groups in total. The number of carboxylic acids is 1. The topological polar surface area (TPSA) is 49.3 Å². The van der Waals surface area contributed by atoms with E-state index in [9.17, 15) is 9.18 Å². The highest BCUT2D eigenvalue weighted by atomic mass is 19.1. The highest BCUT2D eigenvalue weighted by Crippen LogP contribution is 2.21. The van der Waals surface area contributed by atoms with Crippen molar-refractivity contribution in [3.63, 3.8) is 0 Å². The summed E-state index contributed by atoms with van der Waals surface area (Å²) in [6.07, 6.45) is 0. The third kappa shape index (κ3) is 4.23. The molecule has 3 aromatic rings. The van der Waals surface area contributed by atoms with Crippen LogP contribution < -0.4 is 5.32 Å². The number of anilines is 1. The van der Waals surface area contributed by atoms with E-state index in [0.717, 1.165) is 22.8 Å². The van der Waals surface area contributed by atoms with Crippen LogP contribution in [-0.4, -0.2) is 11.1 Å². The van der Waals surface area contributed by atoms with Crippen LogP contribution in [0.25, 0.3) is 11.1 Å². The summed E-state index contributed by atoms with van der Waals surface area (Å²) in [6, 6.07) is 20.1. The van der Waals surface area contributed by atoms with Crippen molar-refractivity contribution in [2.75, 3.05) is 5.32 Å². The molecule has 0 bridgehead atoms. The number of halogens is 1. The van der Waals surface area contributed by atoms with Crippen molar-refractivity contribution in [1.29, 1.82) is 0 Å². The van der Waals surface area contributed by atoms with Gasteiger partial charge in [-0.15, -0.1) is 0 Å². The SMILES string of the molecule is Cc1ccc(-c2ccc(CNc3cc(F)cc(C(=O)O)c3)cc2)cc1. The number of nitrogens with one attached hydrogen (secondary N) is 1. The summed E-state index contributed by atoms with van der Waals surface area (Å²) in [5, 5.41) is 12.0. The molecule has 0 unspecified atom stereocenters. The van der Waals surface area contributed by atoms with Crippen LogP contribution in [0.3, 0.4) is 0 Å². The molecule has 126 valence electrons. The van der Waals surface area contributed by atoms with E-state index >= 15 is 0 Å². The summed E-state index contributed by atoms with van der Waals surface area (Å²) in [7, 11) is 0. The fraction of sp³-hybridized carbons (Fsp3) is 0.0952. The Morgan fingerprint density at radius 2 is 1.56 bits per heavy atom. The summed E-state index contributed by atoms with van der Waals surface area (Å²) < 4.78 is 13.5. The van der Waals surface area contributed by atoms with Crippen molar-refractivity contribution in [2.24, 2.45) is 0 Å². The summed E-state index contributed by atoms with van der Waals surface area (Å²) in [5.74, 6) is -1.72. The van der Waals surface area contributed by atoms with Gasteiger partial charge in [0.2, 0.25) is 0 Å². The van der Waals surface area contributed by atoms with E-state index in [0.29, 0.717) is 12.2 Å². The minimum atomic E-state index is -1.15. The molecule has 0 atom stereocenters. The van der Waals surface area contributed by atoms with Crippen LogP contribution in [-0.2, 0) is 6.54 Å². The lowest BCUT2D eigenvalue weighted by atomic mass is 10.0. The molecule has 0 aliphatic carbocycles. The summed E-state index contributed by atoms with van der Waals surface area (Å²) in [6.45, 7) is 2.54. The van der Waals surface area contributed by atoms with Crippen LogP contribution in [0.4, 0.5) is 10.1 Å². The predicted octanol–water partition coefficient (Wildman–Crippen LogP) is 5.11. The molecule has 0 aromatic heterocycles. The fourth-order valence-electron chi connectivity index (χ4n) is 2.58. The standard InChI is InChI=1S/C21H18FNO2/c1-14-2-6-16(7-3-14)17-8-4-15(5-9-17)13-23-20-11-18(21(24)25)10-19(22)12-20/h2-12,23H,13H2,1H3,(H,24,25). The largest absolute Gasteiger partial charge is 0.478 e. The lowest BCUT2D eigenvalue weighted by molar-refractivity contribution is 0.0696. The van der Waals surface area contributed by atoms with Gasteiger partial charge in [-0.3, -0.25) is 0 Å². The molecule has 0 radical (unpaired) electrons. The van der Waals surface area contributed by atoms with Gasteiger partial charge in [-0.2, -0.15) is 0 Å². The minimum absolute atomic E-state index is 0.0720. The number of aromatic carboxylic acids is 1. The van der Waals surface area contributed by atoms with Gasteiger partial charge in [-0.25, -0.2) is 9.18 Å². The number of benzene rings is 3. The fourth-order valence-corrected chi connectivity index (χ4v) is 2.58. The Morgan fingerprint density at radius 3 is 2.16 bits per heavy atom. The third-order valence-corrected chi connectivity index (χ3v) is 3.98. The minimum Gasteiger partial charge on any atom is -0.478 e. The second kappa shape index (κ2) is 7.18. The second-order valence-corrected chi connectivity index (χ2v) is 5.95. The Hall–Kier alpha value is -3.14. The molecule has 25 heavy (non-hydrogen) atoms. The van der Waals surface area contributed by atoms with Crippen LogP contribution in [0.15, 0.2) is 66.7 Å². The van der Waals surface area contributed by atoms with Gasteiger partial charge in [0.25, 0.3) is 0 Å². The Labute approximate surface area is 145 Å². The zero-order valence-corrected chi connectivity index (χ0v) is 13.8. The zero-order chi connectivity index (χ0) is 17.8. The molecule has 0 fully saturated rings. The first-order valence-corrected chi connectivity index (χ1v) is 7.95. The summed E-state index contributed by atoms with van der Waals surface area (Å²) in [5.41, 5.74) is 4.90. The smallest absolute Gasteiger partial charge is 0.335 e. The Kier molecular flexibility index (Phi) is 4.80. The van der Waals surface area contributed by atoms with E-state index in [1.54, 1.807) is 0 Å². The molecular weight excluding hydrogens is 317 g/mol. The van der Waals surface area contributed by atoms with Crippen molar-refractivity contribution in [1.82, 2.24) is 0 Å². The molecule has 0 saturated carbocycles. The summed E-state index contributed by atoms with van der Waals surface area (Å²) in [4.78, 5) is 11.0. The van der Waals surface area contributed by atoms with Crippen molar-refractivity contribution in [3.8, 4) is 11.1 Å². The van der Waals surface area contributed by atoms with Crippen LogP contribution >= 0.6 is 0 Å². The van der Waals surface area contributed by atoms with Crippen LogP contribution in [0.5, 0.6) is 0 Å². The van der Waals surface area contributed by atoms with Crippen molar-refractivity contribution >= 4 is 11.7 Å². The Balaban J connectivity index is 1.70. The average molecular weight is 335 g/mol. The zero-order valence-electron chi connectivity index (χ0n) is 13.8. The monoisotopic (exact) mass is 335 g/mol. The first kappa shape index (κ1) is 16.7. The van der Waals surface area contributed by atoms with Gasteiger partial charge in [-0.05, 0) is 41.8 Å². The van der Waals surface area contributed by atoms with Gasteiger partial charge < -0.3 is 10.4 Å². The maximum absolute atomic E-state index is 13.5. The number of hydrogen-bond donors (Lipinski definition) is 2. The third-order valence-electron chi connectivity index (χ3n) is 3.98. The van der Waals surface area contributed by atoms with E-state index < -0.39 is 11.8 Å². The number of carbonyl (C=O) groups is 1. The van der Waals surface area contributed by atoms with Crippen LogP contribution in [0.1, 0.15) is 21.5 Å². The van der Waals surface area contributed by atoms with E-state index in [-0.39, 0.29) is 5.56 Å². The maximum Gasteiger partial charge on any atom is 0.335 e. The second-order valence-electron chi connectivity index (χ2n) is 5.95.